The molecule has 0 N–H and O–H groups in total. The van der Waals surface area contributed by atoms with E-state index < -0.39 is 0 Å². The summed E-state index contributed by atoms with van der Waals surface area (Å²) >= 11 is 0. The first-order chi connectivity index (χ1) is 25.8. The van der Waals surface area contributed by atoms with Crippen molar-refractivity contribution in [3.05, 3.63) is 183 Å². The van der Waals surface area contributed by atoms with Gasteiger partial charge in [-0.2, -0.15) is 0 Å². The molecular formula is C48H30N2O2. The Morgan fingerprint density at radius 3 is 1.38 bits per heavy atom. The highest BCUT2D eigenvalue weighted by molar-refractivity contribution is 6.22. The van der Waals surface area contributed by atoms with Crippen LogP contribution in [0, 0.1) is 0 Å². The van der Waals surface area contributed by atoms with Crippen LogP contribution in [-0.4, -0.2) is 9.97 Å². The van der Waals surface area contributed by atoms with Gasteiger partial charge in [-0.15, -0.1) is 0 Å². The third kappa shape index (κ3) is 5.09. The Morgan fingerprint density at radius 2 is 0.788 bits per heavy atom. The fraction of sp³-hybridized carbons (Fsp3) is 0. The number of oxazole rings is 2. The number of nitrogens with zero attached hydrogens (tertiary/aromatic N) is 2. The van der Waals surface area contributed by atoms with Gasteiger partial charge in [-0.25, -0.2) is 9.97 Å². The maximum absolute atomic E-state index is 5.27. The van der Waals surface area contributed by atoms with Crippen LogP contribution in [0.5, 0.6) is 0 Å². The zero-order chi connectivity index (χ0) is 34.4. The van der Waals surface area contributed by atoms with Crippen LogP contribution in [0.15, 0.2) is 192 Å². The van der Waals surface area contributed by atoms with Gasteiger partial charge in [0.2, 0.25) is 0 Å². The third-order valence-electron chi connectivity index (χ3n) is 10.1. The van der Waals surface area contributed by atoms with Gasteiger partial charge in [-0.1, -0.05) is 152 Å². The fourth-order valence-corrected chi connectivity index (χ4v) is 7.62. The minimum absolute atomic E-state index is 0.819. The zero-order valence-corrected chi connectivity index (χ0v) is 28.0. The summed E-state index contributed by atoms with van der Waals surface area (Å²) in [4.78, 5) is 8.72. The Kier molecular flexibility index (Phi) is 7.10. The summed E-state index contributed by atoms with van der Waals surface area (Å²) in [5.74, 6) is 0. The molecule has 10 aromatic rings. The predicted molar refractivity (Wildman–Crippen MR) is 212 cm³/mol. The molecule has 0 radical (unpaired) electrons. The van der Waals surface area contributed by atoms with Crippen molar-refractivity contribution in [1.29, 1.82) is 0 Å². The molecule has 0 saturated carbocycles. The van der Waals surface area contributed by atoms with Gasteiger partial charge in [0.05, 0.1) is 0 Å². The van der Waals surface area contributed by atoms with Crippen molar-refractivity contribution >= 4 is 32.3 Å². The number of benzene rings is 8. The third-order valence-corrected chi connectivity index (χ3v) is 10.1. The molecule has 2 heterocycles. The fourth-order valence-electron chi connectivity index (χ4n) is 7.62. The quantitative estimate of drug-likeness (QED) is 0.166. The Labute approximate surface area is 300 Å². The smallest absolute Gasteiger partial charge is 0.181 e. The van der Waals surface area contributed by atoms with Crippen molar-refractivity contribution in [2.45, 2.75) is 0 Å². The molecule has 0 amide bonds. The van der Waals surface area contributed by atoms with Gasteiger partial charge in [0.25, 0.3) is 0 Å². The minimum atomic E-state index is 0.819. The first kappa shape index (κ1) is 29.8. The molecule has 0 aliphatic rings. The molecule has 4 nitrogen and oxygen atoms in total. The summed E-state index contributed by atoms with van der Waals surface area (Å²) in [6.45, 7) is 0. The van der Waals surface area contributed by atoms with E-state index in [2.05, 4.69) is 168 Å². The van der Waals surface area contributed by atoms with Crippen molar-refractivity contribution in [3.8, 4) is 67.0 Å². The molecule has 4 heteroatoms. The highest BCUT2D eigenvalue weighted by Crippen LogP contribution is 2.45. The van der Waals surface area contributed by atoms with Crippen LogP contribution in [0.25, 0.3) is 99.3 Å². The monoisotopic (exact) mass is 666 g/mol. The number of hydrogen-bond donors (Lipinski definition) is 0. The van der Waals surface area contributed by atoms with Gasteiger partial charge in [0.1, 0.15) is 23.9 Å². The molecule has 0 fully saturated rings. The summed E-state index contributed by atoms with van der Waals surface area (Å²) in [7, 11) is 0. The number of aromatic nitrogens is 2. The van der Waals surface area contributed by atoms with E-state index in [-0.39, 0.29) is 0 Å². The number of hydrogen-bond acceptors (Lipinski definition) is 4. The van der Waals surface area contributed by atoms with Crippen LogP contribution in [0.1, 0.15) is 0 Å². The van der Waals surface area contributed by atoms with Crippen LogP contribution in [0.2, 0.25) is 0 Å². The molecule has 0 saturated heterocycles. The Bertz CT molecular complexity index is 2850. The summed E-state index contributed by atoms with van der Waals surface area (Å²) in [6.07, 6.45) is 6.30. The van der Waals surface area contributed by atoms with E-state index in [9.17, 15) is 0 Å². The van der Waals surface area contributed by atoms with Gasteiger partial charge < -0.3 is 8.83 Å². The van der Waals surface area contributed by atoms with E-state index in [4.69, 9.17) is 8.83 Å². The molecular weight excluding hydrogens is 637 g/mol. The lowest BCUT2D eigenvalue weighted by atomic mass is 9.84. The number of fused-ring (bicyclic) bond motifs is 3. The molecule has 0 spiro atoms. The van der Waals surface area contributed by atoms with Crippen molar-refractivity contribution in [2.75, 3.05) is 0 Å². The van der Waals surface area contributed by atoms with E-state index in [0.29, 0.717) is 0 Å². The van der Waals surface area contributed by atoms with Gasteiger partial charge in [-0.05, 0) is 82.9 Å². The van der Waals surface area contributed by atoms with Crippen LogP contribution < -0.4 is 0 Å². The number of rotatable bonds is 6. The second kappa shape index (κ2) is 12.4. The zero-order valence-electron chi connectivity index (χ0n) is 28.0. The first-order valence-corrected chi connectivity index (χ1v) is 17.3. The first-order valence-electron chi connectivity index (χ1n) is 17.3. The molecule has 0 aliphatic carbocycles. The van der Waals surface area contributed by atoms with Crippen LogP contribution >= 0.6 is 0 Å². The van der Waals surface area contributed by atoms with E-state index in [1.54, 1.807) is 12.5 Å². The Morgan fingerprint density at radius 1 is 0.327 bits per heavy atom. The standard InChI is InChI=1S/C48H30N2O2/c1-2-8-39-32(6-1)7-5-11-40(39)33-14-12-31(13-15-33)38-24-25-43-44(26-38)48(37-22-18-35(19-23-37)46-28-52-30-50-46)42-10-4-3-9-41(42)47(43)36-20-16-34(17-21-36)45-27-51-29-49-45/h1-30H. The van der Waals surface area contributed by atoms with E-state index >= 15 is 0 Å². The normalized spacial score (nSPS) is 11.5. The van der Waals surface area contributed by atoms with Crippen LogP contribution in [-0.2, 0) is 0 Å². The molecule has 0 atom stereocenters. The average molecular weight is 667 g/mol. The minimum Gasteiger partial charge on any atom is -0.451 e. The Hall–Kier alpha value is -7.04. The highest BCUT2D eigenvalue weighted by Gasteiger charge is 2.18. The Balaban J connectivity index is 1.16. The lowest BCUT2D eigenvalue weighted by Crippen LogP contribution is -1.92. The molecule has 10 rings (SSSR count). The van der Waals surface area contributed by atoms with E-state index in [0.717, 1.165) is 33.6 Å². The summed E-state index contributed by atoms with van der Waals surface area (Å²) in [6, 6.07) is 57.0. The summed E-state index contributed by atoms with van der Waals surface area (Å²) < 4.78 is 10.5. The molecule has 0 unspecified atom stereocenters. The molecule has 8 aromatic carbocycles. The van der Waals surface area contributed by atoms with Gasteiger partial charge >= 0.3 is 0 Å². The van der Waals surface area contributed by atoms with Gasteiger partial charge in [-0.3, -0.25) is 0 Å². The van der Waals surface area contributed by atoms with Crippen LogP contribution in [0.3, 0.4) is 0 Å². The molecule has 52 heavy (non-hydrogen) atoms. The van der Waals surface area contributed by atoms with Crippen LogP contribution in [0.4, 0.5) is 0 Å². The maximum Gasteiger partial charge on any atom is 0.181 e. The molecule has 0 bridgehead atoms. The predicted octanol–water partition coefficient (Wildman–Crippen LogP) is 13.1. The van der Waals surface area contributed by atoms with Gasteiger partial charge in [0.15, 0.2) is 12.8 Å². The largest absolute Gasteiger partial charge is 0.451 e. The van der Waals surface area contributed by atoms with Crippen molar-refractivity contribution in [2.24, 2.45) is 0 Å². The van der Waals surface area contributed by atoms with Crippen molar-refractivity contribution in [1.82, 2.24) is 9.97 Å². The van der Waals surface area contributed by atoms with E-state index in [1.165, 1.54) is 78.5 Å². The molecule has 244 valence electrons. The van der Waals surface area contributed by atoms with Crippen molar-refractivity contribution in [3.63, 3.8) is 0 Å². The van der Waals surface area contributed by atoms with E-state index in [1.807, 2.05) is 0 Å². The average Bonchev–Trinajstić information content (AvgIpc) is 3.96. The second-order valence-corrected chi connectivity index (χ2v) is 13.1. The second-order valence-electron chi connectivity index (χ2n) is 13.1. The lowest BCUT2D eigenvalue weighted by Gasteiger charge is -2.19. The van der Waals surface area contributed by atoms with Crippen molar-refractivity contribution < 1.29 is 8.83 Å². The van der Waals surface area contributed by atoms with Gasteiger partial charge in [0, 0.05) is 11.1 Å². The topological polar surface area (TPSA) is 52.1 Å². The molecule has 0 aliphatic heterocycles. The highest BCUT2D eigenvalue weighted by atomic mass is 16.3. The maximum atomic E-state index is 5.27. The summed E-state index contributed by atoms with van der Waals surface area (Å²) in [5, 5.41) is 7.29. The summed E-state index contributed by atoms with van der Waals surface area (Å²) in [5.41, 5.74) is 13.2. The lowest BCUT2D eigenvalue weighted by molar-refractivity contribution is 0.558. The molecule has 2 aromatic heterocycles. The SMILES string of the molecule is c1ccc2c(-c3ccc(-c4ccc5c(-c6ccc(-c7cocn7)cc6)c6ccccc6c(-c6ccc(-c7cocn7)cc6)c5c4)cc3)cccc2c1.